The third-order valence-electron chi connectivity index (χ3n) is 1.87. The predicted molar refractivity (Wildman–Crippen MR) is 49.3 cm³/mol. The van der Waals surface area contributed by atoms with Gasteiger partial charge in [-0.2, -0.15) is 13.2 Å². The first-order chi connectivity index (χ1) is 7.90. The van der Waals surface area contributed by atoms with Crippen LogP contribution in [0.3, 0.4) is 0 Å². The van der Waals surface area contributed by atoms with Crippen LogP contribution in [-0.4, -0.2) is 20.2 Å². The zero-order chi connectivity index (χ0) is 13.1. The molecule has 7 heteroatoms. The third kappa shape index (κ3) is 3.16. The van der Waals surface area contributed by atoms with Gasteiger partial charge in [0.05, 0.1) is 11.1 Å². The van der Waals surface area contributed by atoms with E-state index < -0.39 is 28.9 Å². The van der Waals surface area contributed by atoms with Crippen molar-refractivity contribution < 1.29 is 31.8 Å². The summed E-state index contributed by atoms with van der Waals surface area (Å²) in [6, 6.07) is 0.787. The van der Waals surface area contributed by atoms with E-state index in [9.17, 15) is 22.4 Å². The van der Waals surface area contributed by atoms with E-state index in [4.69, 9.17) is 4.74 Å². The smallest absolute Gasteiger partial charge is 0.416 e. The minimum Gasteiger partial charge on any atom is -0.467 e. The molecule has 0 N–H and O–H groups in total. The Bertz CT molecular complexity index is 415. The normalized spacial score (nSPS) is 11.4. The van der Waals surface area contributed by atoms with Crippen molar-refractivity contribution in [3.8, 4) is 5.75 Å². The fourth-order valence-corrected chi connectivity index (χ4v) is 1.11. The monoisotopic (exact) mass is 252 g/mol. The molecule has 0 saturated carbocycles. The van der Waals surface area contributed by atoms with Gasteiger partial charge in [0.1, 0.15) is 11.6 Å². The minimum absolute atomic E-state index is 0.0838. The van der Waals surface area contributed by atoms with Crippen LogP contribution in [0.25, 0.3) is 0 Å². The maximum atomic E-state index is 13.2. The lowest BCUT2D eigenvalue weighted by Crippen LogP contribution is -2.09. The Morgan fingerprint density at radius 1 is 1.35 bits per heavy atom. The molecule has 17 heavy (non-hydrogen) atoms. The number of ether oxygens (including phenoxy) is 2. The molecule has 0 radical (unpaired) electrons. The Hall–Kier alpha value is -1.63. The highest BCUT2D eigenvalue weighted by molar-refractivity contribution is 5.80. The molecule has 0 heterocycles. The van der Waals surface area contributed by atoms with Gasteiger partial charge in [-0.25, -0.2) is 4.39 Å². The fourth-order valence-electron chi connectivity index (χ4n) is 1.11. The molecule has 0 unspecified atom stereocenters. The van der Waals surface area contributed by atoms with E-state index in [0.29, 0.717) is 6.07 Å². The molecule has 0 aromatic heterocycles. The average Bonchev–Trinajstić information content (AvgIpc) is 2.24. The molecule has 0 aliphatic rings. The highest BCUT2D eigenvalue weighted by atomic mass is 19.4. The number of methoxy groups -OCH3 is 1. The molecule has 0 fully saturated rings. The van der Waals surface area contributed by atoms with Gasteiger partial charge in [-0.15, -0.1) is 0 Å². The summed E-state index contributed by atoms with van der Waals surface area (Å²) in [5.74, 6) is -1.80. The second-order valence-electron chi connectivity index (χ2n) is 3.04. The molecule has 94 valence electrons. The molecule has 1 rings (SSSR count). The van der Waals surface area contributed by atoms with Gasteiger partial charge in [0, 0.05) is 7.11 Å². The number of carbonyl (C=O) groups is 1. The molecule has 1 aromatic carbocycles. The number of rotatable bonds is 4. The molecular formula is C10H8F4O3. The van der Waals surface area contributed by atoms with Gasteiger partial charge in [0.25, 0.3) is 0 Å². The van der Waals surface area contributed by atoms with Crippen LogP contribution < -0.4 is 4.74 Å². The van der Waals surface area contributed by atoms with Crippen molar-refractivity contribution in [3.63, 3.8) is 0 Å². The highest BCUT2D eigenvalue weighted by Crippen LogP contribution is 2.34. The summed E-state index contributed by atoms with van der Waals surface area (Å²) < 4.78 is 59.5. The SMILES string of the molecule is COCOc1cc(C(F)(F)F)cc(F)c1C=O. The maximum absolute atomic E-state index is 13.2. The van der Waals surface area contributed by atoms with Crippen molar-refractivity contribution in [1.29, 1.82) is 0 Å². The minimum atomic E-state index is -4.71. The topological polar surface area (TPSA) is 35.5 Å². The van der Waals surface area contributed by atoms with Gasteiger partial charge in [-0.05, 0) is 12.1 Å². The van der Waals surface area contributed by atoms with E-state index in [1.807, 2.05) is 0 Å². The summed E-state index contributed by atoms with van der Waals surface area (Å²) in [5.41, 5.74) is -1.80. The molecule has 0 atom stereocenters. The summed E-state index contributed by atoms with van der Waals surface area (Å²) in [6.45, 7) is -0.387. The van der Waals surface area contributed by atoms with E-state index in [-0.39, 0.29) is 19.1 Å². The van der Waals surface area contributed by atoms with Crippen molar-refractivity contribution in [2.75, 3.05) is 13.9 Å². The molecule has 1 aromatic rings. The Morgan fingerprint density at radius 2 is 2.00 bits per heavy atom. The number of benzene rings is 1. The number of hydrogen-bond donors (Lipinski definition) is 0. The van der Waals surface area contributed by atoms with Gasteiger partial charge in [-0.3, -0.25) is 4.79 Å². The Balaban J connectivity index is 3.23. The summed E-state index contributed by atoms with van der Waals surface area (Å²) in [7, 11) is 1.24. The van der Waals surface area contributed by atoms with E-state index in [0.717, 1.165) is 0 Å². The first-order valence-electron chi connectivity index (χ1n) is 4.37. The Morgan fingerprint density at radius 3 is 2.47 bits per heavy atom. The quantitative estimate of drug-likeness (QED) is 0.469. The number of halogens is 4. The lowest BCUT2D eigenvalue weighted by atomic mass is 10.1. The average molecular weight is 252 g/mol. The summed E-state index contributed by atoms with van der Waals surface area (Å²) >= 11 is 0. The Kier molecular flexibility index (Phi) is 4.06. The van der Waals surface area contributed by atoms with E-state index in [1.165, 1.54) is 7.11 Å². The molecule has 0 amide bonds. The van der Waals surface area contributed by atoms with Crippen LogP contribution in [0.1, 0.15) is 15.9 Å². The van der Waals surface area contributed by atoms with Crippen molar-refractivity contribution in [1.82, 2.24) is 0 Å². The molecule has 0 saturated heterocycles. The third-order valence-corrected chi connectivity index (χ3v) is 1.87. The first kappa shape index (κ1) is 13.4. The second-order valence-corrected chi connectivity index (χ2v) is 3.04. The van der Waals surface area contributed by atoms with Crippen LogP contribution in [-0.2, 0) is 10.9 Å². The predicted octanol–water partition coefficient (Wildman–Crippen LogP) is 2.64. The van der Waals surface area contributed by atoms with Crippen LogP contribution in [0.4, 0.5) is 17.6 Å². The number of alkyl halides is 3. The Labute approximate surface area is 93.9 Å². The lowest BCUT2D eigenvalue weighted by Gasteiger charge is -2.12. The van der Waals surface area contributed by atoms with E-state index in [2.05, 4.69) is 4.74 Å². The summed E-state index contributed by atoms with van der Waals surface area (Å²) in [5, 5.41) is 0. The fraction of sp³-hybridized carbons (Fsp3) is 0.300. The molecule has 3 nitrogen and oxygen atoms in total. The molecule has 0 aliphatic heterocycles. The van der Waals surface area contributed by atoms with Crippen LogP contribution in [0.15, 0.2) is 12.1 Å². The molecule has 0 bridgehead atoms. The van der Waals surface area contributed by atoms with Crippen LogP contribution in [0.2, 0.25) is 0 Å². The maximum Gasteiger partial charge on any atom is 0.416 e. The van der Waals surface area contributed by atoms with Crippen molar-refractivity contribution in [2.45, 2.75) is 6.18 Å². The van der Waals surface area contributed by atoms with Gasteiger partial charge < -0.3 is 9.47 Å². The highest BCUT2D eigenvalue weighted by Gasteiger charge is 2.32. The summed E-state index contributed by atoms with van der Waals surface area (Å²) in [6.07, 6.45) is -4.63. The zero-order valence-corrected chi connectivity index (χ0v) is 8.68. The van der Waals surface area contributed by atoms with Crippen molar-refractivity contribution in [2.24, 2.45) is 0 Å². The number of aldehydes is 1. The van der Waals surface area contributed by atoms with Gasteiger partial charge in [0.15, 0.2) is 13.1 Å². The lowest BCUT2D eigenvalue weighted by molar-refractivity contribution is -0.138. The molecule has 0 aliphatic carbocycles. The molecule has 0 spiro atoms. The van der Waals surface area contributed by atoms with Gasteiger partial charge in [-0.1, -0.05) is 0 Å². The zero-order valence-electron chi connectivity index (χ0n) is 8.68. The van der Waals surface area contributed by atoms with Crippen molar-refractivity contribution in [3.05, 3.63) is 29.1 Å². The van der Waals surface area contributed by atoms with Crippen molar-refractivity contribution >= 4 is 6.29 Å². The summed E-state index contributed by atoms with van der Waals surface area (Å²) in [4.78, 5) is 10.5. The van der Waals surface area contributed by atoms with Gasteiger partial charge in [0.2, 0.25) is 0 Å². The molecular weight excluding hydrogens is 244 g/mol. The van der Waals surface area contributed by atoms with Crippen LogP contribution >= 0.6 is 0 Å². The number of hydrogen-bond acceptors (Lipinski definition) is 3. The van der Waals surface area contributed by atoms with Gasteiger partial charge >= 0.3 is 6.18 Å². The standard InChI is InChI=1S/C10H8F4O3/c1-16-5-17-9-3-6(10(12,13)14)2-8(11)7(9)4-15/h2-4H,5H2,1H3. The number of carbonyl (C=O) groups excluding carboxylic acids is 1. The first-order valence-corrected chi connectivity index (χ1v) is 4.37. The van der Waals surface area contributed by atoms with Crippen LogP contribution in [0, 0.1) is 5.82 Å². The van der Waals surface area contributed by atoms with E-state index >= 15 is 0 Å². The van der Waals surface area contributed by atoms with Crippen LogP contribution in [0.5, 0.6) is 5.75 Å². The van der Waals surface area contributed by atoms with E-state index in [1.54, 1.807) is 0 Å². The second kappa shape index (κ2) is 5.13. The largest absolute Gasteiger partial charge is 0.467 e.